The summed E-state index contributed by atoms with van der Waals surface area (Å²) in [6, 6.07) is 44.9. The van der Waals surface area contributed by atoms with Gasteiger partial charge in [-0.3, -0.25) is 0 Å². The zero-order valence-corrected chi connectivity index (χ0v) is 18.5. The number of rotatable bonds is 3. The molecular formula is C32H21NO. The van der Waals surface area contributed by atoms with Crippen LogP contribution in [0.1, 0.15) is 0 Å². The van der Waals surface area contributed by atoms with Crippen molar-refractivity contribution in [2.75, 3.05) is 4.90 Å². The number of para-hydroxylation sites is 2. The predicted molar refractivity (Wildman–Crippen MR) is 143 cm³/mol. The Morgan fingerprint density at radius 2 is 1.09 bits per heavy atom. The lowest BCUT2D eigenvalue weighted by molar-refractivity contribution is 0.669. The number of hydrogen-bond acceptors (Lipinski definition) is 2. The lowest BCUT2D eigenvalue weighted by Gasteiger charge is -2.26. The molecule has 2 heteroatoms. The van der Waals surface area contributed by atoms with Crippen LogP contribution in [0.4, 0.5) is 17.1 Å². The van der Waals surface area contributed by atoms with Crippen LogP contribution >= 0.6 is 0 Å². The number of hydrogen-bond donors (Lipinski definition) is 0. The highest BCUT2D eigenvalue weighted by Gasteiger charge is 2.15. The van der Waals surface area contributed by atoms with Crippen LogP contribution in [0.25, 0.3) is 43.5 Å². The summed E-state index contributed by atoms with van der Waals surface area (Å²) in [6.07, 6.45) is 0. The normalized spacial score (nSPS) is 11.5. The summed E-state index contributed by atoms with van der Waals surface area (Å²) in [6.45, 7) is 0. The fourth-order valence-electron chi connectivity index (χ4n) is 5.02. The Morgan fingerprint density at radius 3 is 1.97 bits per heavy atom. The van der Waals surface area contributed by atoms with Gasteiger partial charge in [0.25, 0.3) is 0 Å². The van der Waals surface area contributed by atoms with E-state index in [9.17, 15) is 0 Å². The molecule has 0 saturated heterocycles. The van der Waals surface area contributed by atoms with E-state index in [2.05, 4.69) is 120 Å². The van der Waals surface area contributed by atoms with Crippen LogP contribution in [-0.4, -0.2) is 0 Å². The fraction of sp³-hybridized carbons (Fsp3) is 0. The Labute approximate surface area is 197 Å². The van der Waals surface area contributed by atoms with Crippen molar-refractivity contribution in [3.8, 4) is 0 Å². The predicted octanol–water partition coefficient (Wildman–Crippen LogP) is 9.36. The molecule has 0 radical (unpaired) electrons. The summed E-state index contributed by atoms with van der Waals surface area (Å²) >= 11 is 0. The van der Waals surface area contributed by atoms with Crippen LogP contribution in [-0.2, 0) is 0 Å². The van der Waals surface area contributed by atoms with Crippen molar-refractivity contribution >= 4 is 60.5 Å². The minimum absolute atomic E-state index is 0.927. The fourth-order valence-corrected chi connectivity index (χ4v) is 5.02. The molecular weight excluding hydrogens is 414 g/mol. The average Bonchev–Trinajstić information content (AvgIpc) is 3.28. The molecule has 7 rings (SSSR count). The van der Waals surface area contributed by atoms with Crippen molar-refractivity contribution in [2.24, 2.45) is 0 Å². The highest BCUT2D eigenvalue weighted by Crippen LogP contribution is 2.40. The van der Waals surface area contributed by atoms with E-state index in [1.54, 1.807) is 0 Å². The van der Waals surface area contributed by atoms with Crippen LogP contribution in [0.15, 0.2) is 132 Å². The maximum atomic E-state index is 6.11. The van der Waals surface area contributed by atoms with E-state index in [1.807, 2.05) is 12.1 Å². The molecule has 7 aromatic rings. The van der Waals surface area contributed by atoms with Crippen molar-refractivity contribution in [3.05, 3.63) is 127 Å². The van der Waals surface area contributed by atoms with Gasteiger partial charge in [0.15, 0.2) is 0 Å². The lowest BCUT2D eigenvalue weighted by Crippen LogP contribution is -2.09. The highest BCUT2D eigenvalue weighted by molar-refractivity contribution is 6.19. The van der Waals surface area contributed by atoms with Gasteiger partial charge in [-0.05, 0) is 70.1 Å². The molecule has 34 heavy (non-hydrogen) atoms. The molecule has 6 aromatic carbocycles. The third-order valence-corrected chi connectivity index (χ3v) is 6.61. The van der Waals surface area contributed by atoms with E-state index < -0.39 is 0 Å². The van der Waals surface area contributed by atoms with Crippen molar-refractivity contribution < 1.29 is 4.42 Å². The number of benzene rings is 6. The quantitative estimate of drug-likeness (QED) is 0.275. The van der Waals surface area contributed by atoms with Gasteiger partial charge in [0, 0.05) is 27.8 Å². The van der Waals surface area contributed by atoms with Crippen LogP contribution < -0.4 is 4.90 Å². The minimum atomic E-state index is 0.927. The zero-order chi connectivity index (χ0) is 22.5. The summed E-state index contributed by atoms with van der Waals surface area (Å²) in [5.41, 5.74) is 5.25. The Morgan fingerprint density at radius 1 is 0.412 bits per heavy atom. The van der Waals surface area contributed by atoms with Gasteiger partial charge in [0.2, 0.25) is 0 Å². The van der Waals surface area contributed by atoms with Gasteiger partial charge in [-0.15, -0.1) is 0 Å². The topological polar surface area (TPSA) is 16.4 Å². The first-order valence-corrected chi connectivity index (χ1v) is 11.5. The van der Waals surface area contributed by atoms with Gasteiger partial charge in [-0.1, -0.05) is 78.9 Å². The molecule has 0 saturated carbocycles. The van der Waals surface area contributed by atoms with Gasteiger partial charge < -0.3 is 9.32 Å². The van der Waals surface area contributed by atoms with E-state index in [4.69, 9.17) is 4.42 Å². The third kappa shape index (κ3) is 2.96. The third-order valence-electron chi connectivity index (χ3n) is 6.61. The van der Waals surface area contributed by atoms with Gasteiger partial charge in [0.1, 0.15) is 11.2 Å². The van der Waals surface area contributed by atoms with E-state index in [-0.39, 0.29) is 0 Å². The number of furan rings is 1. The first-order valence-electron chi connectivity index (χ1n) is 11.5. The molecule has 1 aromatic heterocycles. The zero-order valence-electron chi connectivity index (χ0n) is 18.5. The minimum Gasteiger partial charge on any atom is -0.456 e. The average molecular weight is 436 g/mol. The summed E-state index contributed by atoms with van der Waals surface area (Å²) < 4.78 is 6.11. The van der Waals surface area contributed by atoms with Crippen molar-refractivity contribution in [3.63, 3.8) is 0 Å². The van der Waals surface area contributed by atoms with Crippen molar-refractivity contribution in [1.82, 2.24) is 0 Å². The summed E-state index contributed by atoms with van der Waals surface area (Å²) in [4.78, 5) is 2.32. The molecule has 160 valence electrons. The van der Waals surface area contributed by atoms with Crippen LogP contribution in [0.5, 0.6) is 0 Å². The first-order chi connectivity index (χ1) is 16.8. The van der Waals surface area contributed by atoms with Crippen LogP contribution in [0, 0.1) is 0 Å². The Bertz CT molecular complexity index is 1810. The smallest absolute Gasteiger partial charge is 0.136 e. The molecule has 0 aliphatic rings. The Hall–Kier alpha value is -4.56. The second-order valence-electron chi connectivity index (χ2n) is 8.64. The monoisotopic (exact) mass is 435 g/mol. The van der Waals surface area contributed by atoms with Gasteiger partial charge >= 0.3 is 0 Å². The van der Waals surface area contributed by atoms with E-state index in [0.717, 1.165) is 33.6 Å². The molecule has 0 aliphatic carbocycles. The van der Waals surface area contributed by atoms with Gasteiger partial charge in [-0.2, -0.15) is 0 Å². The molecule has 0 spiro atoms. The Kier molecular flexibility index (Phi) is 4.18. The van der Waals surface area contributed by atoms with Crippen LogP contribution in [0.2, 0.25) is 0 Å². The van der Waals surface area contributed by atoms with E-state index in [1.165, 1.54) is 26.9 Å². The summed E-state index contributed by atoms with van der Waals surface area (Å²) in [5, 5.41) is 7.21. The molecule has 1 heterocycles. The highest BCUT2D eigenvalue weighted by atomic mass is 16.3. The van der Waals surface area contributed by atoms with E-state index in [0.29, 0.717) is 0 Å². The van der Waals surface area contributed by atoms with E-state index >= 15 is 0 Å². The van der Waals surface area contributed by atoms with Crippen molar-refractivity contribution in [2.45, 2.75) is 0 Å². The van der Waals surface area contributed by atoms with Gasteiger partial charge in [-0.25, -0.2) is 0 Å². The summed E-state index contributed by atoms with van der Waals surface area (Å²) in [7, 11) is 0. The molecule has 2 nitrogen and oxygen atoms in total. The summed E-state index contributed by atoms with van der Waals surface area (Å²) in [5.74, 6) is 0. The second kappa shape index (κ2) is 7.50. The molecule has 0 unspecified atom stereocenters. The molecule has 0 fully saturated rings. The molecule has 0 aliphatic heterocycles. The maximum absolute atomic E-state index is 6.11. The second-order valence-corrected chi connectivity index (χ2v) is 8.64. The SMILES string of the molecule is c1ccc(N(c2ccc3ccccc3c2)c2ccc3c(ccc4oc5ccccc5c43)c2)cc1. The number of fused-ring (bicyclic) bond motifs is 6. The molecule has 0 bridgehead atoms. The van der Waals surface area contributed by atoms with Gasteiger partial charge in [0.05, 0.1) is 0 Å². The number of anilines is 3. The van der Waals surface area contributed by atoms with Crippen molar-refractivity contribution in [1.29, 1.82) is 0 Å². The molecule has 0 N–H and O–H groups in total. The Balaban J connectivity index is 1.46. The van der Waals surface area contributed by atoms with Crippen LogP contribution in [0.3, 0.4) is 0 Å². The first kappa shape index (κ1) is 19.0. The maximum Gasteiger partial charge on any atom is 0.136 e. The largest absolute Gasteiger partial charge is 0.456 e. The lowest BCUT2D eigenvalue weighted by atomic mass is 10.0. The molecule has 0 atom stereocenters. The number of nitrogens with zero attached hydrogens (tertiary/aromatic N) is 1. The standard InChI is InChI=1S/C32H21NO/c1-2-10-25(11-3-1)33(26-16-14-22-8-4-5-9-23(22)20-26)27-17-18-28-24(21-27)15-19-31-32(28)29-12-6-7-13-30(29)34-31/h1-21H. The molecule has 0 amide bonds.